The van der Waals surface area contributed by atoms with Crippen LogP contribution in [0.25, 0.3) is 0 Å². The second-order valence-corrected chi connectivity index (χ2v) is 4.31. The number of rotatable bonds is 0. The Kier molecular flexibility index (Phi) is 2.46. The SMILES string of the molecule is CC1CC(=O)Nc2cccc(Br)c2N1. The first-order valence-corrected chi connectivity index (χ1v) is 5.31. The van der Waals surface area contributed by atoms with Gasteiger partial charge >= 0.3 is 0 Å². The van der Waals surface area contributed by atoms with Gasteiger partial charge in [0.15, 0.2) is 0 Å². The summed E-state index contributed by atoms with van der Waals surface area (Å²) in [4.78, 5) is 11.4. The Balaban J connectivity index is 2.46. The molecule has 1 amide bonds. The number of nitrogens with one attached hydrogen (secondary N) is 2. The number of hydrogen-bond donors (Lipinski definition) is 2. The lowest BCUT2D eigenvalue weighted by Gasteiger charge is -2.12. The normalized spacial score (nSPS) is 20.4. The van der Waals surface area contributed by atoms with Crippen LogP contribution in [-0.4, -0.2) is 11.9 Å². The van der Waals surface area contributed by atoms with Crippen LogP contribution in [0.3, 0.4) is 0 Å². The zero-order chi connectivity index (χ0) is 10.1. The summed E-state index contributed by atoms with van der Waals surface area (Å²) in [6.07, 6.45) is 0.501. The Bertz CT molecular complexity index is 378. The molecule has 1 aliphatic rings. The number of hydrogen-bond acceptors (Lipinski definition) is 2. The Morgan fingerprint density at radius 1 is 1.50 bits per heavy atom. The third-order valence-corrected chi connectivity index (χ3v) is 2.83. The van der Waals surface area contributed by atoms with Crippen molar-refractivity contribution in [3.63, 3.8) is 0 Å². The molecule has 0 aromatic heterocycles. The van der Waals surface area contributed by atoms with Gasteiger partial charge in [0.25, 0.3) is 0 Å². The van der Waals surface area contributed by atoms with E-state index >= 15 is 0 Å². The fourth-order valence-corrected chi connectivity index (χ4v) is 2.03. The molecule has 1 aliphatic heterocycles. The molecule has 0 bridgehead atoms. The number of benzene rings is 1. The van der Waals surface area contributed by atoms with Crippen molar-refractivity contribution in [3.8, 4) is 0 Å². The van der Waals surface area contributed by atoms with Crippen LogP contribution in [0.15, 0.2) is 22.7 Å². The molecule has 1 atom stereocenters. The van der Waals surface area contributed by atoms with E-state index in [9.17, 15) is 4.79 Å². The van der Waals surface area contributed by atoms with Crippen molar-refractivity contribution < 1.29 is 4.79 Å². The van der Waals surface area contributed by atoms with E-state index in [0.29, 0.717) is 6.42 Å². The summed E-state index contributed by atoms with van der Waals surface area (Å²) >= 11 is 3.45. The first-order chi connectivity index (χ1) is 6.66. The van der Waals surface area contributed by atoms with Crippen LogP contribution in [0.2, 0.25) is 0 Å². The van der Waals surface area contributed by atoms with Crippen LogP contribution in [0.5, 0.6) is 0 Å². The van der Waals surface area contributed by atoms with Gasteiger partial charge in [-0.1, -0.05) is 6.07 Å². The highest BCUT2D eigenvalue weighted by Gasteiger charge is 2.18. The number of anilines is 2. The second-order valence-electron chi connectivity index (χ2n) is 3.46. The van der Waals surface area contributed by atoms with Gasteiger partial charge in [-0.3, -0.25) is 4.79 Å². The predicted molar refractivity (Wildman–Crippen MR) is 60.5 cm³/mol. The minimum Gasteiger partial charge on any atom is -0.379 e. The second kappa shape index (κ2) is 3.61. The van der Waals surface area contributed by atoms with Crippen molar-refractivity contribution in [1.29, 1.82) is 0 Å². The van der Waals surface area contributed by atoms with Crippen LogP contribution in [0.4, 0.5) is 11.4 Å². The summed E-state index contributed by atoms with van der Waals surface area (Å²) in [7, 11) is 0. The van der Waals surface area contributed by atoms with Gasteiger partial charge in [-0.05, 0) is 35.0 Å². The third kappa shape index (κ3) is 1.75. The van der Waals surface area contributed by atoms with Crippen LogP contribution >= 0.6 is 15.9 Å². The number of carbonyl (C=O) groups excluding carboxylic acids is 1. The van der Waals surface area contributed by atoms with Crippen molar-refractivity contribution >= 4 is 33.2 Å². The van der Waals surface area contributed by atoms with E-state index in [0.717, 1.165) is 15.8 Å². The average molecular weight is 255 g/mol. The Morgan fingerprint density at radius 2 is 2.29 bits per heavy atom. The standard InChI is InChI=1S/C10H11BrN2O/c1-6-5-9(14)13-8-4-2-3-7(11)10(8)12-6/h2-4,6,12H,5H2,1H3,(H,13,14). The summed E-state index contributed by atoms with van der Waals surface area (Å²) < 4.78 is 0.976. The van der Waals surface area contributed by atoms with Gasteiger partial charge in [-0.25, -0.2) is 0 Å². The molecule has 14 heavy (non-hydrogen) atoms. The number of halogens is 1. The van der Waals surface area contributed by atoms with E-state index in [-0.39, 0.29) is 11.9 Å². The topological polar surface area (TPSA) is 41.1 Å². The van der Waals surface area contributed by atoms with Gasteiger partial charge < -0.3 is 10.6 Å². The molecule has 1 aromatic carbocycles. The number of para-hydroxylation sites is 1. The molecule has 2 rings (SSSR count). The highest BCUT2D eigenvalue weighted by atomic mass is 79.9. The summed E-state index contributed by atoms with van der Waals surface area (Å²) in [6.45, 7) is 1.99. The molecule has 3 nitrogen and oxygen atoms in total. The molecule has 1 unspecified atom stereocenters. The summed E-state index contributed by atoms with van der Waals surface area (Å²) in [5, 5.41) is 6.15. The molecule has 0 saturated heterocycles. The first-order valence-electron chi connectivity index (χ1n) is 4.51. The molecule has 0 aliphatic carbocycles. The van der Waals surface area contributed by atoms with Crippen LogP contribution < -0.4 is 10.6 Å². The van der Waals surface area contributed by atoms with Gasteiger partial charge in [-0.2, -0.15) is 0 Å². The zero-order valence-corrected chi connectivity index (χ0v) is 9.39. The Labute approximate surface area is 91.0 Å². The Hall–Kier alpha value is -1.03. The predicted octanol–water partition coefficient (Wildman–Crippen LogP) is 2.59. The maximum Gasteiger partial charge on any atom is 0.226 e. The van der Waals surface area contributed by atoms with Crippen molar-refractivity contribution in [1.82, 2.24) is 0 Å². The fraction of sp³-hybridized carbons (Fsp3) is 0.300. The van der Waals surface area contributed by atoms with Crippen molar-refractivity contribution in [2.45, 2.75) is 19.4 Å². The smallest absolute Gasteiger partial charge is 0.226 e. The lowest BCUT2D eigenvalue weighted by molar-refractivity contribution is -0.116. The largest absolute Gasteiger partial charge is 0.379 e. The highest BCUT2D eigenvalue weighted by Crippen LogP contribution is 2.33. The van der Waals surface area contributed by atoms with Crippen LogP contribution in [0.1, 0.15) is 13.3 Å². The maximum atomic E-state index is 11.4. The molecular weight excluding hydrogens is 244 g/mol. The third-order valence-electron chi connectivity index (χ3n) is 2.17. The Morgan fingerprint density at radius 3 is 3.07 bits per heavy atom. The molecule has 0 saturated carbocycles. The highest BCUT2D eigenvalue weighted by molar-refractivity contribution is 9.10. The monoisotopic (exact) mass is 254 g/mol. The minimum absolute atomic E-state index is 0.0573. The molecule has 1 heterocycles. The van der Waals surface area contributed by atoms with E-state index < -0.39 is 0 Å². The lowest BCUT2D eigenvalue weighted by Crippen LogP contribution is -2.18. The van der Waals surface area contributed by atoms with Gasteiger partial charge in [-0.15, -0.1) is 0 Å². The number of fused-ring (bicyclic) bond motifs is 1. The molecule has 2 N–H and O–H groups in total. The molecule has 0 fully saturated rings. The van der Waals surface area contributed by atoms with E-state index in [2.05, 4.69) is 26.6 Å². The first kappa shape index (κ1) is 9.52. The van der Waals surface area contributed by atoms with Crippen molar-refractivity contribution in [3.05, 3.63) is 22.7 Å². The molecule has 74 valence electrons. The van der Waals surface area contributed by atoms with Crippen molar-refractivity contribution in [2.75, 3.05) is 10.6 Å². The molecular formula is C10H11BrN2O. The van der Waals surface area contributed by atoms with E-state index in [4.69, 9.17) is 0 Å². The average Bonchev–Trinajstić information content (AvgIpc) is 2.23. The van der Waals surface area contributed by atoms with E-state index in [1.165, 1.54) is 0 Å². The molecule has 1 aromatic rings. The van der Waals surface area contributed by atoms with E-state index in [1.54, 1.807) is 0 Å². The molecule has 0 radical (unpaired) electrons. The zero-order valence-electron chi connectivity index (χ0n) is 7.80. The fourth-order valence-electron chi connectivity index (χ4n) is 1.55. The van der Waals surface area contributed by atoms with E-state index in [1.807, 2.05) is 25.1 Å². The minimum atomic E-state index is 0.0573. The van der Waals surface area contributed by atoms with Crippen molar-refractivity contribution in [2.24, 2.45) is 0 Å². The number of carbonyl (C=O) groups is 1. The lowest BCUT2D eigenvalue weighted by atomic mass is 10.2. The van der Waals surface area contributed by atoms with Gasteiger partial charge in [0, 0.05) is 16.9 Å². The molecule has 4 heteroatoms. The molecule has 0 spiro atoms. The van der Waals surface area contributed by atoms with Crippen LogP contribution in [-0.2, 0) is 4.79 Å². The van der Waals surface area contributed by atoms with Gasteiger partial charge in [0.2, 0.25) is 5.91 Å². The summed E-state index contributed by atoms with van der Waals surface area (Å²) in [5.74, 6) is 0.0573. The van der Waals surface area contributed by atoms with Gasteiger partial charge in [0.05, 0.1) is 11.4 Å². The van der Waals surface area contributed by atoms with Crippen LogP contribution in [0, 0.1) is 0 Å². The summed E-state index contributed by atoms with van der Waals surface area (Å²) in [5.41, 5.74) is 1.81. The number of amides is 1. The maximum absolute atomic E-state index is 11.4. The summed E-state index contributed by atoms with van der Waals surface area (Å²) in [6, 6.07) is 5.91. The quantitative estimate of drug-likeness (QED) is 0.748. The van der Waals surface area contributed by atoms with Gasteiger partial charge in [0.1, 0.15) is 0 Å².